The van der Waals surface area contributed by atoms with Crippen molar-refractivity contribution in [2.24, 2.45) is 0 Å². The Bertz CT molecular complexity index is 939. The van der Waals surface area contributed by atoms with Crippen LogP contribution >= 0.6 is 39.1 Å². The molecule has 0 radical (unpaired) electrons. The molecular weight excluding hydrogens is 463 g/mol. The molecule has 0 spiro atoms. The predicted octanol–water partition coefficient (Wildman–Crippen LogP) is 6.03. The smallest absolute Gasteiger partial charge is 0.175 e. The number of nitrogens with zero attached hydrogens (tertiary/aromatic N) is 1. The van der Waals surface area contributed by atoms with Crippen LogP contribution in [-0.4, -0.2) is 12.1 Å². The van der Waals surface area contributed by atoms with Crippen LogP contribution in [0.3, 0.4) is 0 Å². The Balaban J connectivity index is 1.66. The third kappa shape index (κ3) is 5.61. The van der Waals surface area contributed by atoms with Gasteiger partial charge in [0, 0.05) is 19.3 Å². The molecule has 0 amide bonds. The summed E-state index contributed by atoms with van der Waals surface area (Å²) in [5.41, 5.74) is 2.99. The zero-order valence-corrected chi connectivity index (χ0v) is 18.3. The van der Waals surface area contributed by atoms with Crippen LogP contribution in [0.15, 0.2) is 59.2 Å². The first-order chi connectivity index (χ1) is 13.6. The number of aromatic nitrogens is 1. The zero-order chi connectivity index (χ0) is 19.9. The van der Waals surface area contributed by atoms with Gasteiger partial charge in [0.2, 0.25) is 0 Å². The minimum absolute atomic E-state index is 0.350. The number of rotatable bonds is 8. The summed E-state index contributed by atoms with van der Waals surface area (Å²) in [7, 11) is 1.62. The molecule has 0 unspecified atom stereocenters. The molecule has 0 saturated heterocycles. The monoisotopic (exact) mass is 480 g/mol. The fourth-order valence-corrected chi connectivity index (χ4v) is 3.56. The van der Waals surface area contributed by atoms with E-state index in [2.05, 4.69) is 26.2 Å². The molecule has 0 aliphatic rings. The van der Waals surface area contributed by atoms with Crippen molar-refractivity contribution >= 4 is 39.1 Å². The van der Waals surface area contributed by atoms with E-state index in [1.807, 2.05) is 36.4 Å². The van der Waals surface area contributed by atoms with Gasteiger partial charge in [0.1, 0.15) is 6.61 Å². The second-order valence-electron chi connectivity index (χ2n) is 6.07. The van der Waals surface area contributed by atoms with Crippen LogP contribution in [0.1, 0.15) is 16.8 Å². The van der Waals surface area contributed by atoms with Crippen molar-refractivity contribution < 1.29 is 9.47 Å². The van der Waals surface area contributed by atoms with E-state index in [1.165, 1.54) is 0 Å². The Hall–Kier alpha value is -1.79. The highest BCUT2D eigenvalue weighted by Gasteiger charge is 2.12. The fourth-order valence-electron chi connectivity index (χ4n) is 2.64. The molecule has 2 aromatic carbocycles. The minimum atomic E-state index is 0.350. The van der Waals surface area contributed by atoms with Gasteiger partial charge in [-0.25, -0.2) is 0 Å². The van der Waals surface area contributed by atoms with E-state index in [1.54, 1.807) is 25.4 Å². The van der Waals surface area contributed by atoms with Gasteiger partial charge < -0.3 is 14.8 Å². The first-order valence-corrected chi connectivity index (χ1v) is 10.2. The Morgan fingerprint density at radius 1 is 1.00 bits per heavy atom. The summed E-state index contributed by atoms with van der Waals surface area (Å²) in [6, 6.07) is 15.3. The van der Waals surface area contributed by atoms with Gasteiger partial charge in [-0.1, -0.05) is 35.3 Å². The maximum absolute atomic E-state index is 6.07. The van der Waals surface area contributed by atoms with E-state index >= 15 is 0 Å². The standard InChI is InChI=1S/C21H19BrCl2N2O2/c1-27-20-10-15(11-25-12-16-4-2-3-7-26-16)8-17(22)21(20)28-13-14-5-6-18(23)19(24)9-14/h2-10,25H,11-13H2,1H3. The molecule has 0 bridgehead atoms. The van der Waals surface area contributed by atoms with Gasteiger partial charge in [0.25, 0.3) is 0 Å². The van der Waals surface area contributed by atoms with Crippen LogP contribution in [-0.2, 0) is 19.7 Å². The van der Waals surface area contributed by atoms with Gasteiger partial charge in [-0.2, -0.15) is 0 Å². The van der Waals surface area contributed by atoms with Crippen LogP contribution in [0.25, 0.3) is 0 Å². The van der Waals surface area contributed by atoms with E-state index < -0.39 is 0 Å². The van der Waals surface area contributed by atoms with Gasteiger partial charge >= 0.3 is 0 Å². The van der Waals surface area contributed by atoms with Crippen molar-refractivity contribution in [3.63, 3.8) is 0 Å². The molecule has 1 heterocycles. The van der Waals surface area contributed by atoms with E-state index in [9.17, 15) is 0 Å². The molecule has 4 nitrogen and oxygen atoms in total. The van der Waals surface area contributed by atoms with Crippen molar-refractivity contribution in [1.82, 2.24) is 10.3 Å². The average Bonchev–Trinajstić information content (AvgIpc) is 2.70. The Morgan fingerprint density at radius 2 is 1.86 bits per heavy atom. The number of ether oxygens (including phenoxy) is 2. The molecule has 7 heteroatoms. The van der Waals surface area contributed by atoms with Crippen molar-refractivity contribution in [3.05, 3.63) is 86.1 Å². The summed E-state index contributed by atoms with van der Waals surface area (Å²) < 4.78 is 12.3. The molecule has 28 heavy (non-hydrogen) atoms. The van der Waals surface area contributed by atoms with Crippen LogP contribution < -0.4 is 14.8 Å². The number of halogens is 3. The molecular formula is C21H19BrCl2N2O2. The molecule has 0 aliphatic carbocycles. The van der Waals surface area contributed by atoms with Crippen molar-refractivity contribution in [2.75, 3.05) is 7.11 Å². The molecule has 0 fully saturated rings. The fraction of sp³-hybridized carbons (Fsp3) is 0.190. The SMILES string of the molecule is COc1cc(CNCc2ccccn2)cc(Br)c1OCc1ccc(Cl)c(Cl)c1. The molecule has 146 valence electrons. The first-order valence-electron chi connectivity index (χ1n) is 8.60. The predicted molar refractivity (Wildman–Crippen MR) is 116 cm³/mol. The Kier molecular flexibility index (Phi) is 7.57. The number of pyridine rings is 1. The van der Waals surface area contributed by atoms with Crippen LogP contribution in [0.4, 0.5) is 0 Å². The second-order valence-corrected chi connectivity index (χ2v) is 7.74. The quantitative estimate of drug-likeness (QED) is 0.426. The number of hydrogen-bond acceptors (Lipinski definition) is 4. The van der Waals surface area contributed by atoms with Gasteiger partial charge in [-0.05, 0) is 63.5 Å². The normalized spacial score (nSPS) is 10.7. The number of benzene rings is 2. The molecule has 0 aliphatic heterocycles. The zero-order valence-electron chi connectivity index (χ0n) is 15.2. The van der Waals surface area contributed by atoms with Gasteiger partial charge in [-0.15, -0.1) is 0 Å². The summed E-state index contributed by atoms with van der Waals surface area (Å²) in [4.78, 5) is 4.31. The maximum Gasteiger partial charge on any atom is 0.175 e. The molecule has 1 aromatic heterocycles. The number of nitrogens with one attached hydrogen (secondary N) is 1. The lowest BCUT2D eigenvalue weighted by atomic mass is 10.2. The minimum Gasteiger partial charge on any atom is -0.493 e. The average molecular weight is 482 g/mol. The third-order valence-corrected chi connectivity index (χ3v) is 5.35. The first kappa shape index (κ1) is 20.9. The van der Waals surface area contributed by atoms with Crippen molar-refractivity contribution in [1.29, 1.82) is 0 Å². The highest BCUT2D eigenvalue weighted by atomic mass is 79.9. The van der Waals surface area contributed by atoms with Crippen molar-refractivity contribution in [2.45, 2.75) is 19.7 Å². The van der Waals surface area contributed by atoms with E-state index in [0.717, 1.165) is 21.3 Å². The van der Waals surface area contributed by atoms with Crippen molar-refractivity contribution in [3.8, 4) is 11.5 Å². The molecule has 3 rings (SSSR count). The lowest BCUT2D eigenvalue weighted by molar-refractivity contribution is 0.282. The van der Waals surface area contributed by atoms with Gasteiger partial charge in [0.15, 0.2) is 11.5 Å². The Labute approximate surface area is 182 Å². The second kappa shape index (κ2) is 10.1. The number of hydrogen-bond donors (Lipinski definition) is 1. The Morgan fingerprint density at radius 3 is 2.57 bits per heavy atom. The van der Waals surface area contributed by atoms with Crippen LogP contribution in [0.5, 0.6) is 11.5 Å². The maximum atomic E-state index is 6.07. The van der Waals surface area contributed by atoms with Gasteiger partial charge in [0.05, 0.1) is 27.3 Å². The molecule has 0 atom stereocenters. The topological polar surface area (TPSA) is 43.4 Å². The summed E-state index contributed by atoms with van der Waals surface area (Å²) in [5.74, 6) is 1.30. The lowest BCUT2D eigenvalue weighted by Gasteiger charge is -2.15. The van der Waals surface area contributed by atoms with E-state index in [4.69, 9.17) is 32.7 Å². The summed E-state index contributed by atoms with van der Waals surface area (Å²) in [5, 5.41) is 4.40. The lowest BCUT2D eigenvalue weighted by Crippen LogP contribution is -2.13. The van der Waals surface area contributed by atoms with Crippen LogP contribution in [0.2, 0.25) is 10.0 Å². The summed E-state index contributed by atoms with van der Waals surface area (Å²) in [6.07, 6.45) is 1.79. The largest absolute Gasteiger partial charge is 0.493 e. The highest BCUT2D eigenvalue weighted by molar-refractivity contribution is 9.10. The third-order valence-electron chi connectivity index (χ3n) is 4.02. The molecule has 3 aromatic rings. The molecule has 0 saturated carbocycles. The number of methoxy groups -OCH3 is 1. The van der Waals surface area contributed by atoms with Crippen LogP contribution in [0, 0.1) is 0 Å². The van der Waals surface area contributed by atoms with E-state index in [-0.39, 0.29) is 0 Å². The molecule has 1 N–H and O–H groups in total. The summed E-state index contributed by atoms with van der Waals surface area (Å²) >= 11 is 15.6. The summed E-state index contributed by atoms with van der Waals surface area (Å²) in [6.45, 7) is 1.72. The van der Waals surface area contributed by atoms with E-state index in [0.29, 0.717) is 41.2 Å². The highest BCUT2D eigenvalue weighted by Crippen LogP contribution is 2.37. The van der Waals surface area contributed by atoms with Gasteiger partial charge in [-0.3, -0.25) is 4.98 Å².